The molecule has 0 amide bonds. The molecule has 7 heteroatoms. The molecule has 1 aliphatic rings. The van der Waals surface area contributed by atoms with Crippen molar-refractivity contribution >= 4 is 5.82 Å². The Morgan fingerprint density at radius 2 is 1.89 bits per heavy atom. The highest BCUT2D eigenvalue weighted by molar-refractivity contribution is 5.40. The Morgan fingerprint density at radius 3 is 2.52 bits per heavy atom. The average Bonchev–Trinajstić information content (AvgIpc) is 3.25. The number of hydrogen-bond donors (Lipinski definition) is 2. The van der Waals surface area contributed by atoms with Gasteiger partial charge in [-0.05, 0) is 17.7 Å². The van der Waals surface area contributed by atoms with Gasteiger partial charge in [0.05, 0.1) is 18.8 Å². The van der Waals surface area contributed by atoms with Crippen LogP contribution >= 0.6 is 0 Å². The SMILES string of the molecule is OCc1ccc(N2CCN(C(c3cn[nH]c3)c3ccccc3F)CC2)nc1. The van der Waals surface area contributed by atoms with Gasteiger partial charge in [0.2, 0.25) is 0 Å². The number of nitrogens with zero attached hydrogens (tertiary/aromatic N) is 4. The Hall–Kier alpha value is -2.77. The van der Waals surface area contributed by atoms with Crippen LogP contribution in [0.25, 0.3) is 0 Å². The fraction of sp³-hybridized carbons (Fsp3) is 0.300. The van der Waals surface area contributed by atoms with Crippen LogP contribution in [0.15, 0.2) is 55.0 Å². The van der Waals surface area contributed by atoms with E-state index in [1.807, 2.05) is 30.5 Å². The van der Waals surface area contributed by atoms with Gasteiger partial charge in [-0.15, -0.1) is 0 Å². The summed E-state index contributed by atoms with van der Waals surface area (Å²) < 4.78 is 14.5. The van der Waals surface area contributed by atoms with Crippen molar-refractivity contribution in [2.24, 2.45) is 0 Å². The summed E-state index contributed by atoms with van der Waals surface area (Å²) in [5.41, 5.74) is 2.42. The van der Waals surface area contributed by atoms with Gasteiger partial charge in [-0.1, -0.05) is 24.3 Å². The predicted molar refractivity (Wildman–Crippen MR) is 101 cm³/mol. The fourth-order valence-electron chi connectivity index (χ4n) is 3.60. The number of H-pyrrole nitrogens is 1. The Morgan fingerprint density at radius 1 is 1.07 bits per heavy atom. The van der Waals surface area contributed by atoms with E-state index in [1.54, 1.807) is 18.5 Å². The molecule has 2 N–H and O–H groups in total. The third-order valence-electron chi connectivity index (χ3n) is 5.03. The second-order valence-corrected chi connectivity index (χ2v) is 6.66. The Kier molecular flexibility index (Phi) is 5.13. The minimum Gasteiger partial charge on any atom is -0.392 e. The topological polar surface area (TPSA) is 68.3 Å². The molecule has 0 aliphatic carbocycles. The number of aliphatic hydroxyl groups excluding tert-OH is 1. The number of nitrogens with one attached hydrogen (secondary N) is 1. The van der Waals surface area contributed by atoms with Crippen molar-refractivity contribution in [1.29, 1.82) is 0 Å². The molecule has 0 radical (unpaired) electrons. The Balaban J connectivity index is 1.53. The van der Waals surface area contributed by atoms with Crippen LogP contribution in [0.3, 0.4) is 0 Å². The lowest BCUT2D eigenvalue weighted by Gasteiger charge is -2.39. The van der Waals surface area contributed by atoms with Crippen LogP contribution < -0.4 is 4.90 Å². The number of benzene rings is 1. The molecule has 4 rings (SSSR count). The van der Waals surface area contributed by atoms with Crippen molar-refractivity contribution in [3.05, 3.63) is 77.5 Å². The number of rotatable bonds is 5. The maximum atomic E-state index is 14.5. The van der Waals surface area contributed by atoms with Crippen LogP contribution in [0.2, 0.25) is 0 Å². The van der Waals surface area contributed by atoms with Gasteiger partial charge in [-0.25, -0.2) is 9.37 Å². The molecule has 2 aromatic heterocycles. The van der Waals surface area contributed by atoms with Gasteiger partial charge in [0, 0.05) is 49.7 Å². The lowest BCUT2D eigenvalue weighted by atomic mass is 9.98. The third kappa shape index (κ3) is 3.70. The number of aromatic amines is 1. The summed E-state index contributed by atoms with van der Waals surface area (Å²) in [6.45, 7) is 3.17. The van der Waals surface area contributed by atoms with Gasteiger partial charge in [0.15, 0.2) is 0 Å². The highest BCUT2D eigenvalue weighted by atomic mass is 19.1. The molecular weight excluding hydrogens is 345 g/mol. The van der Waals surface area contributed by atoms with E-state index in [4.69, 9.17) is 5.11 Å². The fourth-order valence-corrected chi connectivity index (χ4v) is 3.60. The van der Waals surface area contributed by atoms with Crippen LogP contribution in [0.4, 0.5) is 10.2 Å². The third-order valence-corrected chi connectivity index (χ3v) is 5.03. The lowest BCUT2D eigenvalue weighted by molar-refractivity contribution is 0.208. The largest absolute Gasteiger partial charge is 0.392 e. The van der Waals surface area contributed by atoms with E-state index < -0.39 is 0 Å². The molecule has 0 bridgehead atoms. The molecule has 1 saturated heterocycles. The molecule has 140 valence electrons. The van der Waals surface area contributed by atoms with Gasteiger partial charge in [0.1, 0.15) is 11.6 Å². The Bertz CT molecular complexity index is 860. The first-order valence-corrected chi connectivity index (χ1v) is 9.04. The van der Waals surface area contributed by atoms with Gasteiger partial charge in [-0.2, -0.15) is 5.10 Å². The molecule has 6 nitrogen and oxygen atoms in total. The van der Waals surface area contributed by atoms with E-state index in [0.29, 0.717) is 5.56 Å². The second kappa shape index (κ2) is 7.85. The number of pyridine rings is 1. The normalized spacial score (nSPS) is 16.4. The lowest BCUT2D eigenvalue weighted by Crippen LogP contribution is -2.48. The summed E-state index contributed by atoms with van der Waals surface area (Å²) in [7, 11) is 0. The summed E-state index contributed by atoms with van der Waals surface area (Å²) in [5.74, 6) is 0.699. The van der Waals surface area contributed by atoms with Gasteiger partial charge >= 0.3 is 0 Å². The van der Waals surface area contributed by atoms with Crippen LogP contribution in [0.5, 0.6) is 0 Å². The highest BCUT2D eigenvalue weighted by Gasteiger charge is 2.29. The minimum atomic E-state index is -0.201. The summed E-state index contributed by atoms with van der Waals surface area (Å²) in [4.78, 5) is 8.93. The first-order chi connectivity index (χ1) is 13.3. The van der Waals surface area contributed by atoms with Crippen LogP contribution in [0.1, 0.15) is 22.7 Å². The Labute approximate surface area is 157 Å². The molecule has 1 aliphatic heterocycles. The highest BCUT2D eigenvalue weighted by Crippen LogP contribution is 2.31. The second-order valence-electron chi connectivity index (χ2n) is 6.66. The van der Waals surface area contributed by atoms with Crippen molar-refractivity contribution in [3.63, 3.8) is 0 Å². The first kappa shape index (κ1) is 17.6. The van der Waals surface area contributed by atoms with Gasteiger partial charge < -0.3 is 10.0 Å². The number of aliphatic hydroxyl groups is 1. The summed E-state index contributed by atoms with van der Waals surface area (Å²) in [6, 6.07) is 10.6. The molecular formula is C20H22FN5O. The summed E-state index contributed by atoms with van der Waals surface area (Å²) in [6.07, 6.45) is 5.30. The monoisotopic (exact) mass is 367 g/mol. The summed E-state index contributed by atoms with van der Waals surface area (Å²) >= 11 is 0. The quantitative estimate of drug-likeness (QED) is 0.725. The number of piperazine rings is 1. The molecule has 1 unspecified atom stereocenters. The van der Waals surface area contributed by atoms with E-state index >= 15 is 0 Å². The maximum Gasteiger partial charge on any atom is 0.128 e. The standard InChI is InChI=1S/C20H22FN5O/c21-18-4-2-1-3-17(18)20(16-12-23-24-13-16)26-9-7-25(8-10-26)19-6-5-15(14-27)11-22-19/h1-6,11-13,20,27H,7-10,14H2,(H,23,24). The van der Waals surface area contributed by atoms with Crippen LogP contribution in [-0.2, 0) is 6.61 Å². The molecule has 3 aromatic rings. The minimum absolute atomic E-state index is 0.00389. The van der Waals surface area contributed by atoms with E-state index in [0.717, 1.165) is 43.1 Å². The van der Waals surface area contributed by atoms with Crippen molar-refractivity contribution in [2.45, 2.75) is 12.6 Å². The average molecular weight is 367 g/mol. The zero-order valence-electron chi connectivity index (χ0n) is 14.9. The number of anilines is 1. The van der Waals surface area contributed by atoms with Crippen LogP contribution in [0, 0.1) is 5.82 Å². The van der Waals surface area contributed by atoms with Crippen molar-refractivity contribution in [3.8, 4) is 0 Å². The predicted octanol–water partition coefficient (Wildman–Crippen LogP) is 2.35. The zero-order chi connectivity index (χ0) is 18.6. The van der Waals surface area contributed by atoms with E-state index in [2.05, 4.69) is 25.0 Å². The molecule has 27 heavy (non-hydrogen) atoms. The molecule has 1 aromatic carbocycles. The van der Waals surface area contributed by atoms with Gasteiger partial charge in [-0.3, -0.25) is 10.00 Å². The molecule has 3 heterocycles. The van der Waals surface area contributed by atoms with Crippen molar-refractivity contribution < 1.29 is 9.50 Å². The number of aromatic nitrogens is 3. The smallest absolute Gasteiger partial charge is 0.128 e. The zero-order valence-corrected chi connectivity index (χ0v) is 14.9. The molecule has 1 atom stereocenters. The molecule has 1 fully saturated rings. The number of hydrogen-bond acceptors (Lipinski definition) is 5. The number of halogens is 1. The van der Waals surface area contributed by atoms with Crippen molar-refractivity contribution in [1.82, 2.24) is 20.1 Å². The maximum absolute atomic E-state index is 14.5. The van der Waals surface area contributed by atoms with Crippen molar-refractivity contribution in [2.75, 3.05) is 31.1 Å². The molecule has 0 spiro atoms. The van der Waals surface area contributed by atoms with Gasteiger partial charge in [0.25, 0.3) is 0 Å². The van der Waals surface area contributed by atoms with Crippen LogP contribution in [-0.4, -0.2) is 51.4 Å². The van der Waals surface area contributed by atoms with E-state index in [-0.39, 0.29) is 18.5 Å². The van der Waals surface area contributed by atoms with E-state index in [1.165, 1.54) is 6.07 Å². The van der Waals surface area contributed by atoms with E-state index in [9.17, 15) is 4.39 Å². The molecule has 0 saturated carbocycles. The first-order valence-electron chi connectivity index (χ1n) is 9.04. The summed E-state index contributed by atoms with van der Waals surface area (Å²) in [5, 5.41) is 16.1.